The molecule has 39 heavy (non-hydrogen) atoms. The quantitative estimate of drug-likeness (QED) is 0.242. The van der Waals surface area contributed by atoms with Crippen molar-refractivity contribution in [1.82, 2.24) is 14.8 Å². The van der Waals surface area contributed by atoms with Crippen molar-refractivity contribution >= 4 is 11.4 Å². The van der Waals surface area contributed by atoms with Gasteiger partial charge in [-0.3, -0.25) is 4.57 Å². The zero-order chi connectivity index (χ0) is 26.6. The lowest BCUT2D eigenvalue weighted by Crippen LogP contribution is -2.24. The lowest BCUT2D eigenvalue weighted by Gasteiger charge is -2.35. The molecule has 0 atom stereocenters. The van der Waals surface area contributed by atoms with Crippen LogP contribution in [0.3, 0.4) is 0 Å². The number of fused-ring (bicyclic) bond motifs is 1. The molecule has 192 valence electrons. The number of hydrogen-bond donors (Lipinski definition) is 0. The highest BCUT2D eigenvalue weighted by Gasteiger charge is 2.28. The van der Waals surface area contributed by atoms with E-state index in [1.807, 2.05) is 62.4 Å². The van der Waals surface area contributed by atoms with Crippen LogP contribution in [-0.2, 0) is 0 Å². The molecule has 0 fully saturated rings. The molecule has 5 heteroatoms. The first-order chi connectivity index (χ1) is 19.4. The maximum Gasteiger partial charge on any atom is 0.168 e. The van der Waals surface area contributed by atoms with Crippen LogP contribution < -0.4 is 9.64 Å². The van der Waals surface area contributed by atoms with E-state index in [0.717, 1.165) is 69.9 Å². The number of ether oxygens (including phenoxy) is 1. The van der Waals surface area contributed by atoms with E-state index in [-0.39, 0.29) is 0 Å². The van der Waals surface area contributed by atoms with E-state index in [1.165, 1.54) is 0 Å². The number of benzene rings is 4. The Bertz CT molecular complexity index is 1630. The average molecular weight is 511 g/mol. The Morgan fingerprint density at radius 2 is 1.26 bits per heavy atom. The van der Waals surface area contributed by atoms with Crippen LogP contribution in [-0.4, -0.2) is 14.8 Å². The van der Waals surface area contributed by atoms with Gasteiger partial charge in [0.15, 0.2) is 17.4 Å². The van der Waals surface area contributed by atoms with Crippen LogP contribution >= 0.6 is 0 Å². The van der Waals surface area contributed by atoms with Gasteiger partial charge in [-0.25, -0.2) is 0 Å². The van der Waals surface area contributed by atoms with E-state index < -0.39 is 0 Å². The number of hydrogen-bond acceptors (Lipinski definition) is 4. The standard InChI is InChI=1S/C32H24N4O.C2H6/c1-3-11-23(12-4-1)31-33-34-32(36(31)25-13-5-2-6-14-25)24-19-21-26(22-20-24)35-27-15-7-9-17-29(27)37-30-18-10-8-16-28(30)35;1-2/h1-9,11-17,19-22H,10,18H2;1-2H3. The molecule has 1 aliphatic carbocycles. The van der Waals surface area contributed by atoms with E-state index in [4.69, 9.17) is 4.74 Å². The minimum Gasteiger partial charge on any atom is -0.457 e. The highest BCUT2D eigenvalue weighted by Crippen LogP contribution is 2.45. The number of nitrogens with zero attached hydrogens (tertiary/aromatic N) is 4. The van der Waals surface area contributed by atoms with E-state index in [0.29, 0.717) is 0 Å². The van der Waals surface area contributed by atoms with E-state index in [9.17, 15) is 0 Å². The smallest absolute Gasteiger partial charge is 0.168 e. The predicted octanol–water partition coefficient (Wildman–Crippen LogP) is 8.72. The molecule has 2 aliphatic rings. The minimum absolute atomic E-state index is 0.802. The van der Waals surface area contributed by atoms with Crippen molar-refractivity contribution < 1.29 is 4.74 Å². The van der Waals surface area contributed by atoms with Crippen molar-refractivity contribution in [3.63, 3.8) is 0 Å². The fourth-order valence-electron chi connectivity index (χ4n) is 5.03. The zero-order valence-electron chi connectivity index (χ0n) is 22.2. The van der Waals surface area contributed by atoms with Crippen LogP contribution in [0.25, 0.3) is 28.5 Å². The third kappa shape index (κ3) is 4.53. The van der Waals surface area contributed by atoms with Gasteiger partial charge < -0.3 is 9.64 Å². The first-order valence-electron chi connectivity index (χ1n) is 13.5. The molecule has 0 radical (unpaired) electrons. The van der Waals surface area contributed by atoms with Gasteiger partial charge in [0, 0.05) is 28.9 Å². The molecule has 7 rings (SSSR count). The van der Waals surface area contributed by atoms with Crippen LogP contribution in [0.15, 0.2) is 133 Å². The number of rotatable bonds is 4. The molecule has 0 N–H and O–H groups in total. The summed E-state index contributed by atoms with van der Waals surface area (Å²) in [6.07, 6.45) is 6.27. The summed E-state index contributed by atoms with van der Waals surface area (Å²) in [7, 11) is 0. The van der Waals surface area contributed by atoms with E-state index in [1.54, 1.807) is 0 Å². The van der Waals surface area contributed by atoms with Crippen molar-refractivity contribution in [3.05, 3.63) is 133 Å². The largest absolute Gasteiger partial charge is 0.457 e. The van der Waals surface area contributed by atoms with Gasteiger partial charge in [-0.15, -0.1) is 10.2 Å². The normalized spacial score (nSPS) is 13.6. The summed E-state index contributed by atoms with van der Waals surface area (Å²) >= 11 is 0. The van der Waals surface area contributed by atoms with Crippen LogP contribution in [0.4, 0.5) is 11.4 Å². The zero-order valence-corrected chi connectivity index (χ0v) is 22.2. The fraction of sp³-hybridized carbons (Fsp3) is 0.118. The molecule has 0 unspecified atom stereocenters. The van der Waals surface area contributed by atoms with Gasteiger partial charge in [-0.2, -0.15) is 0 Å². The van der Waals surface area contributed by atoms with Crippen molar-refractivity contribution in [2.24, 2.45) is 0 Å². The summed E-state index contributed by atoms with van der Waals surface area (Å²) in [6, 6.07) is 37.2. The van der Waals surface area contributed by atoms with Crippen LogP contribution in [0.2, 0.25) is 0 Å². The monoisotopic (exact) mass is 510 g/mol. The Balaban J connectivity index is 0.00000135. The molecule has 1 aromatic heterocycles. The highest BCUT2D eigenvalue weighted by molar-refractivity contribution is 5.79. The Kier molecular flexibility index (Phi) is 6.79. The second kappa shape index (κ2) is 10.8. The molecular formula is C34H30N4O. The highest BCUT2D eigenvalue weighted by atomic mass is 16.5. The van der Waals surface area contributed by atoms with Crippen molar-refractivity contribution in [1.29, 1.82) is 0 Å². The molecule has 4 aromatic carbocycles. The van der Waals surface area contributed by atoms with Gasteiger partial charge >= 0.3 is 0 Å². The maximum absolute atomic E-state index is 6.26. The Labute approximate surface area is 229 Å². The van der Waals surface area contributed by atoms with Gasteiger partial charge in [0.1, 0.15) is 5.76 Å². The molecular weight excluding hydrogens is 480 g/mol. The third-order valence-corrected chi connectivity index (χ3v) is 6.77. The second-order valence-corrected chi connectivity index (χ2v) is 9.09. The van der Waals surface area contributed by atoms with Crippen LogP contribution in [0.1, 0.15) is 26.7 Å². The molecule has 5 aromatic rings. The summed E-state index contributed by atoms with van der Waals surface area (Å²) in [4.78, 5) is 2.28. The SMILES string of the molecule is C1=CC2=C(CC1)Oc1ccccc1N2c1ccc(-c2nnc(-c3ccccc3)n2-c2ccccc2)cc1.CC. The number of aromatic nitrogens is 3. The Hall–Kier alpha value is -4.90. The lowest BCUT2D eigenvalue weighted by molar-refractivity contribution is 0.388. The van der Waals surface area contributed by atoms with Crippen LogP contribution in [0, 0.1) is 0 Å². The summed E-state index contributed by atoms with van der Waals surface area (Å²) in [5, 5.41) is 9.25. The Morgan fingerprint density at radius 3 is 1.97 bits per heavy atom. The van der Waals surface area contributed by atoms with E-state index in [2.05, 4.69) is 92.5 Å². The summed E-state index contributed by atoms with van der Waals surface area (Å²) in [6.45, 7) is 4.00. The summed E-state index contributed by atoms with van der Waals surface area (Å²) in [5.41, 5.74) is 6.26. The molecule has 2 heterocycles. The topological polar surface area (TPSA) is 43.2 Å². The van der Waals surface area contributed by atoms with Gasteiger partial charge in [-0.1, -0.05) is 80.6 Å². The molecule has 0 bridgehead atoms. The summed E-state index contributed by atoms with van der Waals surface area (Å²) in [5.74, 6) is 3.52. The lowest BCUT2D eigenvalue weighted by atomic mass is 10.0. The first kappa shape index (κ1) is 24.4. The molecule has 5 nitrogen and oxygen atoms in total. The second-order valence-electron chi connectivity index (χ2n) is 9.09. The van der Waals surface area contributed by atoms with Crippen LogP contribution in [0.5, 0.6) is 5.75 Å². The minimum atomic E-state index is 0.802. The van der Waals surface area contributed by atoms with Gasteiger partial charge in [0.2, 0.25) is 0 Å². The number of allylic oxidation sites excluding steroid dienone is 3. The van der Waals surface area contributed by atoms with Crippen molar-refractivity contribution in [3.8, 4) is 34.2 Å². The van der Waals surface area contributed by atoms with Gasteiger partial charge in [-0.05, 0) is 61.0 Å². The van der Waals surface area contributed by atoms with E-state index >= 15 is 0 Å². The predicted molar refractivity (Wildman–Crippen MR) is 158 cm³/mol. The molecule has 1 aliphatic heterocycles. The fourth-order valence-corrected chi connectivity index (χ4v) is 5.03. The van der Waals surface area contributed by atoms with Gasteiger partial charge in [0.05, 0.1) is 11.4 Å². The van der Waals surface area contributed by atoms with Crippen molar-refractivity contribution in [2.45, 2.75) is 26.7 Å². The molecule has 0 spiro atoms. The third-order valence-electron chi connectivity index (χ3n) is 6.77. The van der Waals surface area contributed by atoms with Crippen molar-refractivity contribution in [2.75, 3.05) is 4.90 Å². The first-order valence-corrected chi connectivity index (χ1v) is 13.5. The maximum atomic E-state index is 6.26. The number of anilines is 2. The molecule has 0 saturated heterocycles. The molecule has 0 amide bonds. The Morgan fingerprint density at radius 1 is 0.641 bits per heavy atom. The number of para-hydroxylation sites is 3. The van der Waals surface area contributed by atoms with Gasteiger partial charge in [0.25, 0.3) is 0 Å². The molecule has 0 saturated carbocycles. The average Bonchev–Trinajstić information content (AvgIpc) is 3.47. The summed E-state index contributed by atoms with van der Waals surface area (Å²) < 4.78 is 8.38.